The summed E-state index contributed by atoms with van der Waals surface area (Å²) in [7, 11) is 0. The zero-order valence-corrected chi connectivity index (χ0v) is 12.3. The topological polar surface area (TPSA) is 33.1 Å². The van der Waals surface area contributed by atoms with Crippen LogP contribution in [0.3, 0.4) is 0 Å². The van der Waals surface area contributed by atoms with E-state index in [-0.39, 0.29) is 27.3 Å². The highest BCUT2D eigenvalue weighted by Gasteiger charge is 2.03. The Bertz CT molecular complexity index is 522. The monoisotopic (exact) mass is 353 g/mol. The van der Waals surface area contributed by atoms with Gasteiger partial charge in [0.25, 0.3) is 0 Å². The number of aliphatic hydroxyl groups is 1. The highest BCUT2D eigenvalue weighted by molar-refractivity contribution is 14.2. The molecular weight excluding hydrogens is 337 g/mol. The smallest absolute Gasteiger partial charge is 0.0699 e. The summed E-state index contributed by atoms with van der Waals surface area (Å²) in [4.78, 5) is 4.34. The average molecular weight is 353 g/mol. The summed E-state index contributed by atoms with van der Waals surface area (Å²) >= 11 is 0.0663. The lowest BCUT2D eigenvalue weighted by atomic mass is 10.0. The van der Waals surface area contributed by atoms with Crippen molar-refractivity contribution in [2.24, 2.45) is 0 Å². The Labute approximate surface area is 117 Å². The number of hydrogen-bond donors (Lipinski definition) is 1. The summed E-state index contributed by atoms with van der Waals surface area (Å²) in [5.41, 5.74) is 4.46. The Kier molecular flexibility index (Phi) is 5.01. The number of pyridine rings is 1. The van der Waals surface area contributed by atoms with Crippen LogP contribution in [-0.4, -0.2) is 14.6 Å². The Hall–Kier alpha value is -1.07. The van der Waals surface area contributed by atoms with Crippen molar-refractivity contribution in [3.8, 4) is 0 Å². The molecule has 0 aliphatic carbocycles. The van der Waals surface area contributed by atoms with E-state index in [1.807, 2.05) is 12.1 Å². The van der Waals surface area contributed by atoms with Gasteiger partial charge in [0.1, 0.15) is 0 Å². The number of benzene rings is 1. The van der Waals surface area contributed by atoms with Crippen molar-refractivity contribution in [3.63, 3.8) is 0 Å². The molecule has 0 atom stereocenters. The van der Waals surface area contributed by atoms with Gasteiger partial charge in [-0.2, -0.15) is 0 Å². The Morgan fingerprint density at radius 3 is 2.50 bits per heavy atom. The van der Waals surface area contributed by atoms with Gasteiger partial charge in [0.2, 0.25) is 0 Å². The first kappa shape index (κ1) is 13.4. The molecule has 94 valence electrons. The van der Waals surface area contributed by atoms with E-state index in [1.54, 1.807) is 6.20 Å². The molecule has 0 saturated carbocycles. The van der Waals surface area contributed by atoms with Crippen LogP contribution >= 0.6 is 20.7 Å². The molecule has 2 nitrogen and oxygen atoms in total. The van der Waals surface area contributed by atoms with Crippen LogP contribution in [0.25, 0.3) is 0 Å². The number of alkyl halides is 1. The van der Waals surface area contributed by atoms with Crippen LogP contribution in [-0.2, 0) is 17.5 Å². The van der Waals surface area contributed by atoms with E-state index in [4.69, 9.17) is 0 Å². The van der Waals surface area contributed by atoms with Crippen molar-refractivity contribution in [1.29, 1.82) is 0 Å². The summed E-state index contributed by atoms with van der Waals surface area (Å²) in [5.74, 6) is 0. The van der Waals surface area contributed by atoms with Crippen molar-refractivity contribution in [1.82, 2.24) is 4.98 Å². The zero-order chi connectivity index (χ0) is 12.8. The maximum absolute atomic E-state index is 9.27. The van der Waals surface area contributed by atoms with Crippen molar-refractivity contribution >= 4 is 25.2 Å². The van der Waals surface area contributed by atoms with Gasteiger partial charge < -0.3 is 5.11 Å². The molecule has 0 fully saturated rings. The summed E-state index contributed by atoms with van der Waals surface area (Å²) in [6.45, 7) is 0.0488. The molecule has 0 saturated heterocycles. The fourth-order valence-corrected chi connectivity index (χ4v) is 2.95. The minimum absolute atomic E-state index is 0.0488. The first-order chi connectivity index (χ1) is 8.83. The van der Waals surface area contributed by atoms with Crippen molar-refractivity contribution in [3.05, 3.63) is 65.0 Å². The minimum Gasteiger partial charge on any atom is -0.392 e. The number of halogens is 1. The SMILES string of the molecule is C=ICc1ccc(Cc2ncccc2CO)cc1. The minimum atomic E-state index is 0.0488. The molecule has 2 aromatic rings. The molecule has 0 amide bonds. The third-order valence-corrected chi connectivity index (χ3v) is 4.22. The summed E-state index contributed by atoms with van der Waals surface area (Å²) in [5, 5.41) is 9.27. The van der Waals surface area contributed by atoms with Crippen molar-refractivity contribution < 1.29 is 5.11 Å². The predicted molar refractivity (Wildman–Crippen MR) is 84.3 cm³/mol. The molecule has 1 heterocycles. The van der Waals surface area contributed by atoms with Crippen LogP contribution in [0.15, 0.2) is 42.6 Å². The fraction of sp³-hybridized carbons (Fsp3) is 0.200. The standard InChI is InChI=1S/C15H16INO/c1-16-10-13-6-4-12(5-7-13)9-15-14(11-18)3-2-8-17-15/h2-8,18H,1,9-11H2. The highest BCUT2D eigenvalue weighted by atomic mass is 127. The second-order valence-corrected chi connectivity index (χ2v) is 5.92. The van der Waals surface area contributed by atoms with Gasteiger partial charge in [0.15, 0.2) is 0 Å². The predicted octanol–water partition coefficient (Wildman–Crippen LogP) is 3.07. The first-order valence-corrected chi connectivity index (χ1v) is 8.82. The Morgan fingerprint density at radius 2 is 1.83 bits per heavy atom. The molecule has 0 spiro atoms. The van der Waals surface area contributed by atoms with Crippen molar-refractivity contribution in [2.75, 3.05) is 0 Å². The number of rotatable bonds is 5. The van der Waals surface area contributed by atoms with E-state index in [0.29, 0.717) is 0 Å². The molecule has 3 heteroatoms. The third-order valence-electron chi connectivity index (χ3n) is 2.80. The highest BCUT2D eigenvalue weighted by Crippen LogP contribution is 2.15. The number of aliphatic hydroxyl groups excluding tert-OH is 1. The molecule has 0 aliphatic heterocycles. The van der Waals surface area contributed by atoms with Gasteiger partial charge in [0.05, 0.1) is 12.3 Å². The molecule has 1 aromatic carbocycles. The van der Waals surface area contributed by atoms with Crippen molar-refractivity contribution in [2.45, 2.75) is 17.5 Å². The van der Waals surface area contributed by atoms with E-state index < -0.39 is 0 Å². The van der Waals surface area contributed by atoms with E-state index in [1.165, 1.54) is 11.1 Å². The molecule has 0 radical (unpaired) electrons. The van der Waals surface area contributed by atoms with Crippen LogP contribution in [0, 0.1) is 0 Å². The summed E-state index contributed by atoms with van der Waals surface area (Å²) in [6.07, 6.45) is 2.55. The van der Waals surface area contributed by atoms with Gasteiger partial charge in [-0.05, 0) is 22.8 Å². The Morgan fingerprint density at radius 1 is 1.11 bits per heavy atom. The van der Waals surface area contributed by atoms with Crippen LogP contribution in [0.4, 0.5) is 0 Å². The van der Waals surface area contributed by atoms with E-state index in [0.717, 1.165) is 22.1 Å². The van der Waals surface area contributed by atoms with Gasteiger partial charge in [-0.15, -0.1) is 20.7 Å². The van der Waals surface area contributed by atoms with Gasteiger partial charge in [-0.3, -0.25) is 4.98 Å². The second kappa shape index (κ2) is 6.75. The first-order valence-electron chi connectivity index (χ1n) is 5.77. The second-order valence-electron chi connectivity index (χ2n) is 4.08. The van der Waals surface area contributed by atoms with Crippen LogP contribution in [0.2, 0.25) is 0 Å². The molecule has 1 aromatic heterocycles. The molecule has 0 aliphatic rings. The van der Waals surface area contributed by atoms with E-state index in [2.05, 4.69) is 33.8 Å². The fourth-order valence-electron chi connectivity index (χ4n) is 1.82. The quantitative estimate of drug-likeness (QED) is 0.662. The maximum Gasteiger partial charge on any atom is 0.0699 e. The molecule has 0 bridgehead atoms. The average Bonchev–Trinajstić information content (AvgIpc) is 2.42. The molecule has 1 N–H and O–H groups in total. The zero-order valence-electron chi connectivity index (χ0n) is 10.1. The van der Waals surface area contributed by atoms with Gasteiger partial charge in [-0.25, -0.2) is 0 Å². The maximum atomic E-state index is 9.27. The number of hydrogen-bond acceptors (Lipinski definition) is 2. The van der Waals surface area contributed by atoms with E-state index >= 15 is 0 Å². The van der Waals surface area contributed by atoms with Gasteiger partial charge >= 0.3 is 0 Å². The molecule has 2 rings (SSSR count). The van der Waals surface area contributed by atoms with E-state index in [9.17, 15) is 5.11 Å². The van der Waals surface area contributed by atoms with Crippen LogP contribution < -0.4 is 0 Å². The van der Waals surface area contributed by atoms with Gasteiger partial charge in [-0.1, -0.05) is 34.8 Å². The lowest BCUT2D eigenvalue weighted by Gasteiger charge is -2.06. The largest absolute Gasteiger partial charge is 0.392 e. The number of aromatic nitrogens is 1. The van der Waals surface area contributed by atoms with Gasteiger partial charge in [0, 0.05) is 17.0 Å². The van der Waals surface area contributed by atoms with Crippen LogP contribution in [0.5, 0.6) is 0 Å². The third kappa shape index (κ3) is 3.46. The van der Waals surface area contributed by atoms with Crippen LogP contribution in [0.1, 0.15) is 22.4 Å². The lowest BCUT2D eigenvalue weighted by molar-refractivity contribution is 0.280. The lowest BCUT2D eigenvalue weighted by Crippen LogP contribution is -1.98. The number of nitrogens with zero attached hydrogens (tertiary/aromatic N) is 1. The Balaban J connectivity index is 2.15. The summed E-state index contributed by atoms with van der Waals surface area (Å²) < 4.78 is 5.10. The molecule has 0 unspecified atom stereocenters. The normalized spacial score (nSPS) is 10.5. The summed E-state index contributed by atoms with van der Waals surface area (Å²) in [6, 6.07) is 12.4. The molecule has 18 heavy (non-hydrogen) atoms. The molecular formula is C15H16INO.